The van der Waals surface area contributed by atoms with E-state index in [1.54, 1.807) is 6.07 Å². The molecular formula is C18H18N2O6S. The van der Waals surface area contributed by atoms with Gasteiger partial charge in [0.1, 0.15) is 0 Å². The van der Waals surface area contributed by atoms with Crippen molar-refractivity contribution < 1.29 is 28.2 Å². The lowest BCUT2D eigenvalue weighted by molar-refractivity contribution is -0.132. The highest BCUT2D eigenvalue weighted by atomic mass is 32.3. The Kier molecular flexibility index (Phi) is 4.22. The summed E-state index contributed by atoms with van der Waals surface area (Å²) >= 11 is 0. The molecule has 3 N–H and O–H groups in total. The first-order valence-corrected chi connectivity index (χ1v) is 9.97. The molecule has 0 unspecified atom stereocenters. The minimum absolute atomic E-state index is 0.0432. The molecule has 1 aromatic carbocycles. The minimum Gasteiger partial charge on any atom is -0.502 e. The molecule has 0 radical (unpaired) electrons. The fraction of sp³-hybridized carbons (Fsp3) is 0.222. The normalized spacial score (nSPS) is 17.2. The Morgan fingerprint density at radius 2 is 2.11 bits per heavy atom. The van der Waals surface area contributed by atoms with Gasteiger partial charge in [-0.3, -0.25) is 18.9 Å². The van der Waals surface area contributed by atoms with E-state index in [0.717, 1.165) is 10.9 Å². The van der Waals surface area contributed by atoms with Gasteiger partial charge < -0.3 is 14.3 Å². The molecule has 1 saturated heterocycles. The van der Waals surface area contributed by atoms with Crippen molar-refractivity contribution in [1.29, 1.82) is 0 Å². The second-order valence-electron chi connectivity index (χ2n) is 6.22. The number of esters is 1. The van der Waals surface area contributed by atoms with Gasteiger partial charge in [-0.15, -0.1) is 10.8 Å². The zero-order valence-electron chi connectivity index (χ0n) is 14.5. The van der Waals surface area contributed by atoms with Crippen LogP contribution < -0.4 is 9.04 Å². The third-order valence-electron chi connectivity index (χ3n) is 4.28. The summed E-state index contributed by atoms with van der Waals surface area (Å²) < 4.78 is 32.6. The number of aromatic nitrogens is 1. The summed E-state index contributed by atoms with van der Waals surface area (Å²) in [7, 11) is -3.10. The van der Waals surface area contributed by atoms with Crippen molar-refractivity contribution in [3.8, 4) is 22.8 Å². The number of hydrogen-bond acceptors (Lipinski definition) is 8. The van der Waals surface area contributed by atoms with Gasteiger partial charge in [0.05, 0.1) is 11.3 Å². The molecule has 0 amide bonds. The number of benzene rings is 1. The van der Waals surface area contributed by atoms with Gasteiger partial charge >= 0.3 is 5.97 Å². The highest BCUT2D eigenvalue weighted by Gasteiger charge is 2.37. The predicted molar refractivity (Wildman–Crippen MR) is 102 cm³/mol. The number of rotatable bonds is 3. The molecule has 3 heterocycles. The van der Waals surface area contributed by atoms with Crippen LogP contribution in [0, 0.1) is 0 Å². The van der Waals surface area contributed by atoms with Gasteiger partial charge in [-0.25, -0.2) is 4.31 Å². The van der Waals surface area contributed by atoms with Crippen LogP contribution in [0.4, 0.5) is 5.88 Å². The van der Waals surface area contributed by atoms with Gasteiger partial charge in [-0.1, -0.05) is 18.2 Å². The fourth-order valence-corrected chi connectivity index (χ4v) is 4.62. The lowest BCUT2D eigenvalue weighted by Gasteiger charge is -2.36. The summed E-state index contributed by atoms with van der Waals surface area (Å²) in [6.07, 6.45) is 2.07. The van der Waals surface area contributed by atoms with Gasteiger partial charge in [0, 0.05) is 30.6 Å². The van der Waals surface area contributed by atoms with Crippen LogP contribution >= 0.6 is 10.8 Å². The number of aromatic hydroxyl groups is 1. The highest BCUT2D eigenvalue weighted by molar-refractivity contribution is 8.25. The van der Waals surface area contributed by atoms with Gasteiger partial charge in [0.25, 0.3) is 5.88 Å². The lowest BCUT2D eigenvalue weighted by Crippen LogP contribution is -2.22. The van der Waals surface area contributed by atoms with E-state index in [1.165, 1.54) is 17.4 Å². The van der Waals surface area contributed by atoms with Crippen LogP contribution in [-0.4, -0.2) is 37.5 Å². The number of para-hydroxylation sites is 1. The Morgan fingerprint density at radius 1 is 1.33 bits per heavy atom. The van der Waals surface area contributed by atoms with E-state index in [9.17, 15) is 19.0 Å². The Balaban J connectivity index is 1.86. The van der Waals surface area contributed by atoms with E-state index in [-0.39, 0.29) is 28.9 Å². The second kappa shape index (κ2) is 6.45. The number of carbonyl (C=O) groups is 1. The zero-order valence-corrected chi connectivity index (χ0v) is 15.3. The third-order valence-corrected chi connectivity index (χ3v) is 6.17. The molecule has 142 valence electrons. The highest BCUT2D eigenvalue weighted by Crippen LogP contribution is 2.57. The van der Waals surface area contributed by atoms with Crippen LogP contribution in [0.3, 0.4) is 0 Å². The first-order chi connectivity index (χ1) is 12.9. The molecule has 8 nitrogen and oxygen atoms in total. The van der Waals surface area contributed by atoms with Crippen molar-refractivity contribution >= 4 is 33.5 Å². The number of furan rings is 1. The average molecular weight is 390 g/mol. The molecule has 0 spiro atoms. The molecule has 0 aliphatic carbocycles. The summed E-state index contributed by atoms with van der Waals surface area (Å²) in [5, 5.41) is 11.5. The Bertz CT molecular complexity index is 1030. The molecule has 0 bridgehead atoms. The summed E-state index contributed by atoms with van der Waals surface area (Å²) in [6, 6.07) is 9.25. The summed E-state index contributed by atoms with van der Waals surface area (Å²) in [4.78, 5) is 15.8. The van der Waals surface area contributed by atoms with E-state index in [2.05, 4.69) is 4.98 Å². The number of carbonyl (C=O) groups excluding carboxylic acids is 1. The predicted octanol–water partition coefficient (Wildman–Crippen LogP) is 4.00. The van der Waals surface area contributed by atoms with Crippen LogP contribution in [0.5, 0.6) is 11.5 Å². The lowest BCUT2D eigenvalue weighted by atomic mass is 10.1. The third kappa shape index (κ3) is 3.09. The Morgan fingerprint density at radius 3 is 2.81 bits per heavy atom. The van der Waals surface area contributed by atoms with Crippen molar-refractivity contribution in [3.05, 3.63) is 36.5 Å². The van der Waals surface area contributed by atoms with Gasteiger partial charge in [-0.05, 0) is 18.6 Å². The van der Waals surface area contributed by atoms with Crippen molar-refractivity contribution in [3.63, 3.8) is 0 Å². The van der Waals surface area contributed by atoms with Gasteiger partial charge in [-0.2, -0.15) is 0 Å². The molecule has 1 aliphatic heterocycles. The van der Waals surface area contributed by atoms with Crippen LogP contribution in [0.1, 0.15) is 13.3 Å². The number of ether oxygens (including phenoxy) is 1. The number of hydrogen-bond donors (Lipinski definition) is 3. The number of anilines is 1. The maximum atomic E-state index is 11.5. The standard InChI is InChI=1S/C18H18N2O6S/c1-11(21)25-17-15(22)16(26-18(17)20-7-4-8-27(20,23)24)13-9-12-5-2-3-6-14(12)19-10-13/h2-3,5-6,9-10,22-24H,4,7-8H2,1H3. The van der Waals surface area contributed by atoms with Crippen LogP contribution in [0.25, 0.3) is 22.2 Å². The van der Waals surface area contributed by atoms with Crippen molar-refractivity contribution in [2.45, 2.75) is 13.3 Å². The number of nitrogens with zero attached hydrogens (tertiary/aromatic N) is 2. The SMILES string of the molecule is CC(=O)Oc1c(N2CCCS2(O)O)oc(-c2cnc3ccccc3c2)c1O. The molecule has 2 aromatic heterocycles. The van der Waals surface area contributed by atoms with Crippen molar-refractivity contribution in [2.75, 3.05) is 16.6 Å². The van der Waals surface area contributed by atoms with E-state index in [1.807, 2.05) is 24.3 Å². The molecule has 9 heteroatoms. The quantitative estimate of drug-likeness (QED) is 0.575. The molecule has 3 aromatic rings. The summed E-state index contributed by atoms with van der Waals surface area (Å²) in [5.74, 6) is -1.14. The van der Waals surface area contributed by atoms with Gasteiger partial charge in [0.15, 0.2) is 5.76 Å². The topological polar surface area (TPSA) is 116 Å². The van der Waals surface area contributed by atoms with Crippen molar-refractivity contribution in [1.82, 2.24) is 4.98 Å². The van der Waals surface area contributed by atoms with E-state index >= 15 is 0 Å². The average Bonchev–Trinajstić information content (AvgIpc) is 3.13. The van der Waals surface area contributed by atoms with Crippen LogP contribution in [-0.2, 0) is 4.79 Å². The zero-order chi connectivity index (χ0) is 19.2. The Labute approximate surface area is 156 Å². The van der Waals surface area contributed by atoms with Crippen molar-refractivity contribution in [2.24, 2.45) is 0 Å². The maximum absolute atomic E-state index is 11.5. The maximum Gasteiger partial charge on any atom is 0.308 e. The first-order valence-electron chi connectivity index (χ1n) is 8.30. The van der Waals surface area contributed by atoms with E-state index in [0.29, 0.717) is 18.5 Å². The van der Waals surface area contributed by atoms with Crippen LogP contribution in [0.15, 0.2) is 40.9 Å². The van der Waals surface area contributed by atoms with E-state index in [4.69, 9.17) is 9.15 Å². The molecule has 1 fully saturated rings. The second-order valence-corrected chi connectivity index (χ2v) is 8.33. The fourth-order valence-electron chi connectivity index (χ4n) is 3.08. The smallest absolute Gasteiger partial charge is 0.308 e. The number of fused-ring (bicyclic) bond motifs is 1. The summed E-state index contributed by atoms with van der Waals surface area (Å²) in [5.41, 5.74) is 1.25. The minimum atomic E-state index is -3.10. The van der Waals surface area contributed by atoms with Crippen LogP contribution in [0.2, 0.25) is 0 Å². The molecular weight excluding hydrogens is 372 g/mol. The molecule has 0 saturated carbocycles. The largest absolute Gasteiger partial charge is 0.502 e. The monoisotopic (exact) mass is 390 g/mol. The first kappa shape index (κ1) is 17.7. The molecule has 27 heavy (non-hydrogen) atoms. The molecule has 4 rings (SSSR count). The molecule has 0 atom stereocenters. The van der Waals surface area contributed by atoms with Gasteiger partial charge in [0.2, 0.25) is 11.5 Å². The van der Waals surface area contributed by atoms with E-state index < -0.39 is 16.7 Å². The number of pyridine rings is 1. The Hall–Kier alpha value is -2.75. The summed E-state index contributed by atoms with van der Waals surface area (Å²) in [6.45, 7) is 1.49. The molecule has 1 aliphatic rings.